The molecule has 0 aliphatic rings. The topological polar surface area (TPSA) is 71.8 Å². The Labute approximate surface area is 205 Å². The molecule has 2 aromatic heterocycles. The average Bonchev–Trinajstić information content (AvgIpc) is 3.54. The van der Waals surface area contributed by atoms with Crippen LogP contribution in [0.3, 0.4) is 0 Å². The molecule has 2 heterocycles. The van der Waals surface area contributed by atoms with Crippen molar-refractivity contribution in [3.63, 3.8) is 0 Å². The van der Waals surface area contributed by atoms with Gasteiger partial charge in [-0.1, -0.05) is 30.2 Å². The predicted molar refractivity (Wildman–Crippen MR) is 145 cm³/mol. The van der Waals surface area contributed by atoms with E-state index in [0.29, 0.717) is 0 Å². The number of aryl methyl sites for hydroxylation is 2. The van der Waals surface area contributed by atoms with E-state index in [9.17, 15) is 0 Å². The van der Waals surface area contributed by atoms with Gasteiger partial charge in [0.25, 0.3) is 0 Å². The number of hydrogen-bond donors (Lipinski definition) is 1. The number of imidazole rings is 1. The second-order valence-corrected chi connectivity index (χ2v) is 8.22. The van der Waals surface area contributed by atoms with E-state index in [1.54, 1.807) is 19.6 Å². The van der Waals surface area contributed by atoms with Crippen molar-refractivity contribution < 1.29 is 0 Å². The zero-order chi connectivity index (χ0) is 24.8. The lowest BCUT2D eigenvalue weighted by molar-refractivity contribution is 0.824. The van der Waals surface area contributed by atoms with E-state index in [2.05, 4.69) is 76.2 Å². The number of rotatable bonds is 4. The van der Waals surface area contributed by atoms with Crippen molar-refractivity contribution in [3.8, 4) is 18.0 Å². The number of benzene rings is 3. The Balaban J connectivity index is 0.000000243. The zero-order valence-electron chi connectivity index (χ0n) is 20.4. The SMILES string of the molecule is C#Cc1ccc(CC)cc1.CN=C/C=C(\C)c1cc(C)c2nnn(-c3ccc4nc[nH]c4c3)c2c1. The molecule has 0 amide bonds. The molecule has 0 bridgehead atoms. The van der Waals surface area contributed by atoms with Gasteiger partial charge >= 0.3 is 0 Å². The Bertz CT molecular complexity index is 1560. The zero-order valence-corrected chi connectivity index (χ0v) is 20.4. The highest BCUT2D eigenvalue weighted by atomic mass is 15.4. The lowest BCUT2D eigenvalue weighted by Gasteiger charge is -2.06. The molecule has 3 aromatic carbocycles. The molecule has 35 heavy (non-hydrogen) atoms. The number of nitrogens with one attached hydrogen (secondary N) is 1. The van der Waals surface area contributed by atoms with E-state index < -0.39 is 0 Å². The van der Waals surface area contributed by atoms with Crippen molar-refractivity contribution in [2.45, 2.75) is 27.2 Å². The molecular formula is C29H28N6. The van der Waals surface area contributed by atoms with Crippen LogP contribution >= 0.6 is 0 Å². The number of H-pyrrole nitrogens is 1. The molecule has 5 aromatic rings. The van der Waals surface area contributed by atoms with E-state index in [1.807, 2.05) is 41.1 Å². The number of aromatic amines is 1. The summed E-state index contributed by atoms with van der Waals surface area (Å²) in [5.41, 5.74) is 10.4. The highest BCUT2D eigenvalue weighted by Gasteiger charge is 2.12. The Morgan fingerprint density at radius 1 is 1.14 bits per heavy atom. The minimum absolute atomic E-state index is 0.908. The molecule has 6 nitrogen and oxygen atoms in total. The maximum Gasteiger partial charge on any atom is 0.116 e. The number of nitrogens with zero attached hydrogens (tertiary/aromatic N) is 5. The molecule has 0 saturated heterocycles. The average molecular weight is 461 g/mol. The largest absolute Gasteiger partial charge is 0.345 e. The lowest BCUT2D eigenvalue weighted by Crippen LogP contribution is -1.97. The summed E-state index contributed by atoms with van der Waals surface area (Å²) in [4.78, 5) is 11.4. The van der Waals surface area contributed by atoms with Gasteiger partial charge in [-0.15, -0.1) is 11.5 Å². The first-order valence-electron chi connectivity index (χ1n) is 11.5. The van der Waals surface area contributed by atoms with Crippen LogP contribution < -0.4 is 0 Å². The van der Waals surface area contributed by atoms with Gasteiger partial charge < -0.3 is 4.98 Å². The van der Waals surface area contributed by atoms with Gasteiger partial charge in [0, 0.05) is 18.8 Å². The van der Waals surface area contributed by atoms with Crippen LogP contribution in [0.2, 0.25) is 0 Å². The number of fused-ring (bicyclic) bond motifs is 2. The smallest absolute Gasteiger partial charge is 0.116 e. The van der Waals surface area contributed by atoms with Crippen LogP contribution in [0.25, 0.3) is 33.3 Å². The summed E-state index contributed by atoms with van der Waals surface area (Å²) in [6.07, 6.45) is 11.8. The van der Waals surface area contributed by atoms with E-state index >= 15 is 0 Å². The van der Waals surface area contributed by atoms with Crippen molar-refractivity contribution in [3.05, 3.63) is 89.3 Å². The number of terminal acetylenes is 1. The first-order valence-corrected chi connectivity index (χ1v) is 11.5. The van der Waals surface area contributed by atoms with Crippen LogP contribution in [-0.2, 0) is 6.42 Å². The molecule has 0 saturated carbocycles. The fourth-order valence-electron chi connectivity index (χ4n) is 3.78. The number of aromatic nitrogens is 5. The van der Waals surface area contributed by atoms with Crippen molar-refractivity contribution >= 4 is 33.9 Å². The molecule has 0 fully saturated rings. The molecule has 174 valence electrons. The van der Waals surface area contributed by atoms with E-state index in [4.69, 9.17) is 6.42 Å². The minimum Gasteiger partial charge on any atom is -0.345 e. The van der Waals surface area contributed by atoms with Crippen molar-refractivity contribution in [1.29, 1.82) is 0 Å². The van der Waals surface area contributed by atoms with Gasteiger partial charge in [-0.3, -0.25) is 4.99 Å². The lowest BCUT2D eigenvalue weighted by atomic mass is 10.0. The summed E-state index contributed by atoms with van der Waals surface area (Å²) in [7, 11) is 1.77. The Hall–Kier alpha value is -4.50. The molecule has 0 radical (unpaired) electrons. The second-order valence-electron chi connectivity index (χ2n) is 8.22. The Kier molecular flexibility index (Phi) is 7.18. The summed E-state index contributed by atoms with van der Waals surface area (Å²) in [6, 6.07) is 18.3. The maximum atomic E-state index is 5.19. The van der Waals surface area contributed by atoms with Gasteiger partial charge in [0.05, 0.1) is 28.6 Å². The standard InChI is InChI=1S/C19H18N6.C10H10/c1-12(6-7-20-3)14-8-13(2)19-18(9-14)25(24-23-19)15-4-5-16-17(10-15)22-11-21-16;1-3-9-5-7-10(4-2)8-6-9/h4-11H,1-3H3,(H,21,22);1,5-8H,4H2,2H3/b12-6+,20-7?;. The highest BCUT2D eigenvalue weighted by molar-refractivity contribution is 5.89. The van der Waals surface area contributed by atoms with Gasteiger partial charge in [-0.25, -0.2) is 9.67 Å². The Morgan fingerprint density at radius 2 is 1.94 bits per heavy atom. The van der Waals surface area contributed by atoms with Gasteiger partial charge in [0.15, 0.2) is 0 Å². The molecule has 0 aliphatic heterocycles. The normalized spacial score (nSPS) is 11.6. The van der Waals surface area contributed by atoms with Gasteiger partial charge in [0.1, 0.15) is 5.52 Å². The third-order valence-electron chi connectivity index (χ3n) is 5.85. The number of aliphatic imine (C=N–C) groups is 1. The first kappa shape index (κ1) is 23.7. The minimum atomic E-state index is 0.908. The van der Waals surface area contributed by atoms with Crippen LogP contribution in [-0.4, -0.2) is 38.2 Å². The van der Waals surface area contributed by atoms with E-state index in [0.717, 1.165) is 56.4 Å². The Morgan fingerprint density at radius 3 is 2.66 bits per heavy atom. The van der Waals surface area contributed by atoms with E-state index in [-0.39, 0.29) is 0 Å². The molecule has 0 aliphatic carbocycles. The quantitative estimate of drug-likeness (QED) is 0.266. The summed E-state index contributed by atoms with van der Waals surface area (Å²) in [5.74, 6) is 2.58. The summed E-state index contributed by atoms with van der Waals surface area (Å²) < 4.78 is 1.87. The van der Waals surface area contributed by atoms with Crippen molar-refractivity contribution in [1.82, 2.24) is 25.0 Å². The predicted octanol–water partition coefficient (Wildman–Crippen LogP) is 5.94. The molecule has 0 unspecified atom stereocenters. The first-order chi connectivity index (χ1) is 17.0. The monoisotopic (exact) mass is 460 g/mol. The van der Waals surface area contributed by atoms with Gasteiger partial charge in [0.2, 0.25) is 0 Å². The van der Waals surface area contributed by atoms with Crippen LogP contribution in [0.4, 0.5) is 0 Å². The number of hydrogen-bond acceptors (Lipinski definition) is 4. The molecule has 6 heteroatoms. The molecule has 5 rings (SSSR count). The highest BCUT2D eigenvalue weighted by Crippen LogP contribution is 2.26. The molecule has 0 spiro atoms. The molecular weight excluding hydrogens is 432 g/mol. The summed E-state index contributed by atoms with van der Waals surface area (Å²) in [6.45, 7) is 6.27. The molecule has 0 atom stereocenters. The summed E-state index contributed by atoms with van der Waals surface area (Å²) in [5, 5.41) is 8.73. The second kappa shape index (κ2) is 10.6. The third-order valence-corrected chi connectivity index (χ3v) is 5.85. The van der Waals surface area contributed by atoms with Gasteiger partial charge in [-0.05, 0) is 91.1 Å². The van der Waals surface area contributed by atoms with Crippen LogP contribution in [0.15, 0.2) is 72.0 Å². The van der Waals surface area contributed by atoms with Crippen molar-refractivity contribution in [2.24, 2.45) is 4.99 Å². The number of allylic oxidation sites excluding steroid dienone is 2. The molecule has 1 N–H and O–H groups in total. The van der Waals surface area contributed by atoms with Crippen LogP contribution in [0, 0.1) is 19.3 Å². The van der Waals surface area contributed by atoms with Crippen molar-refractivity contribution in [2.75, 3.05) is 7.05 Å². The van der Waals surface area contributed by atoms with Crippen LogP contribution in [0.1, 0.15) is 36.1 Å². The van der Waals surface area contributed by atoms with E-state index in [1.165, 1.54) is 5.56 Å². The summed E-state index contributed by atoms with van der Waals surface area (Å²) >= 11 is 0. The van der Waals surface area contributed by atoms with Gasteiger partial charge in [-0.2, -0.15) is 0 Å². The van der Waals surface area contributed by atoms with Crippen LogP contribution in [0.5, 0.6) is 0 Å². The fourth-order valence-corrected chi connectivity index (χ4v) is 3.78. The fraction of sp³-hybridized carbons (Fsp3) is 0.172. The third kappa shape index (κ3) is 5.20. The maximum absolute atomic E-state index is 5.19.